The lowest BCUT2D eigenvalue weighted by Gasteiger charge is -2.10. The predicted octanol–water partition coefficient (Wildman–Crippen LogP) is 3.74. The average molecular weight is 422 g/mol. The monoisotopic (exact) mass is 422 g/mol. The minimum atomic E-state index is -0.631. The van der Waals surface area contributed by atoms with Gasteiger partial charge in [0, 0.05) is 0 Å². The average Bonchev–Trinajstić information content (AvgIpc) is 3.30. The van der Waals surface area contributed by atoms with Gasteiger partial charge in [0.1, 0.15) is 5.75 Å². The van der Waals surface area contributed by atoms with E-state index in [1.807, 2.05) is 32.0 Å². The Hall–Kier alpha value is -4.07. The van der Waals surface area contributed by atoms with Crippen LogP contribution in [-0.2, 0) is 4.79 Å². The minimum Gasteiger partial charge on any atom is -0.490 e. The predicted molar refractivity (Wildman–Crippen MR) is 114 cm³/mol. The van der Waals surface area contributed by atoms with Gasteiger partial charge < -0.3 is 18.6 Å². The smallest absolute Gasteiger partial charge is 0.379 e. The van der Waals surface area contributed by atoms with Gasteiger partial charge in [-0.2, -0.15) is 5.10 Å². The highest BCUT2D eigenvalue weighted by atomic mass is 16.6. The Labute approximate surface area is 179 Å². The van der Waals surface area contributed by atoms with Crippen LogP contribution < -0.4 is 19.6 Å². The molecule has 0 saturated carbocycles. The van der Waals surface area contributed by atoms with E-state index in [0.29, 0.717) is 23.7 Å². The summed E-state index contributed by atoms with van der Waals surface area (Å²) in [4.78, 5) is 24.0. The van der Waals surface area contributed by atoms with Gasteiger partial charge in [0.15, 0.2) is 18.1 Å². The summed E-state index contributed by atoms with van der Waals surface area (Å²) in [6.07, 6.45) is 2.84. The number of ether oxygens (including phenoxy) is 3. The van der Waals surface area contributed by atoms with Crippen LogP contribution in [0.25, 0.3) is 0 Å². The summed E-state index contributed by atoms with van der Waals surface area (Å²) in [6.45, 7) is 3.93. The van der Waals surface area contributed by atoms with Gasteiger partial charge in [0.2, 0.25) is 5.76 Å². The maximum absolute atomic E-state index is 12.1. The lowest BCUT2D eigenvalue weighted by Crippen LogP contribution is -2.24. The summed E-state index contributed by atoms with van der Waals surface area (Å²) >= 11 is 0. The molecular formula is C23H22N2O6. The highest BCUT2D eigenvalue weighted by molar-refractivity contribution is 5.89. The first kappa shape index (κ1) is 21.6. The molecule has 0 saturated heterocycles. The van der Waals surface area contributed by atoms with E-state index in [1.54, 1.807) is 30.3 Å². The first-order valence-corrected chi connectivity index (χ1v) is 9.59. The van der Waals surface area contributed by atoms with Gasteiger partial charge in [-0.3, -0.25) is 4.79 Å². The van der Waals surface area contributed by atoms with E-state index >= 15 is 0 Å². The number of benzene rings is 2. The van der Waals surface area contributed by atoms with E-state index in [9.17, 15) is 9.59 Å². The molecule has 0 aliphatic rings. The number of hydrogen-bond acceptors (Lipinski definition) is 7. The van der Waals surface area contributed by atoms with E-state index in [2.05, 4.69) is 10.5 Å². The molecule has 31 heavy (non-hydrogen) atoms. The molecule has 0 aliphatic heterocycles. The van der Waals surface area contributed by atoms with Crippen LogP contribution in [0.3, 0.4) is 0 Å². The van der Waals surface area contributed by atoms with Crippen molar-refractivity contribution in [3.05, 3.63) is 77.7 Å². The van der Waals surface area contributed by atoms with E-state index in [1.165, 1.54) is 18.5 Å². The number of hydrogen-bond donors (Lipinski definition) is 1. The number of furan rings is 1. The summed E-state index contributed by atoms with van der Waals surface area (Å²) in [6, 6.07) is 15.4. The van der Waals surface area contributed by atoms with E-state index in [0.717, 1.165) is 5.56 Å². The topological polar surface area (TPSA) is 99.4 Å². The fourth-order valence-corrected chi connectivity index (χ4v) is 2.58. The van der Waals surface area contributed by atoms with Gasteiger partial charge in [-0.15, -0.1) is 0 Å². The van der Waals surface area contributed by atoms with Crippen molar-refractivity contribution in [3.63, 3.8) is 0 Å². The molecule has 0 spiro atoms. The number of para-hydroxylation sites is 1. The number of amides is 1. The summed E-state index contributed by atoms with van der Waals surface area (Å²) in [5.74, 6) is 0.310. The lowest BCUT2D eigenvalue weighted by atomic mass is 10.2. The first-order valence-electron chi connectivity index (χ1n) is 9.59. The quantitative estimate of drug-likeness (QED) is 0.244. The van der Waals surface area contributed by atoms with Crippen LogP contribution in [0.2, 0.25) is 0 Å². The number of carbonyl (C=O) groups is 2. The molecule has 0 unspecified atom stereocenters. The number of rotatable bonds is 9. The molecule has 8 nitrogen and oxygen atoms in total. The van der Waals surface area contributed by atoms with Crippen LogP contribution >= 0.6 is 0 Å². The first-order chi connectivity index (χ1) is 15.1. The molecule has 1 amide bonds. The van der Waals surface area contributed by atoms with Gasteiger partial charge in [0.25, 0.3) is 5.91 Å². The maximum atomic E-state index is 12.1. The Morgan fingerprint density at radius 2 is 1.87 bits per heavy atom. The Morgan fingerprint density at radius 3 is 2.61 bits per heavy atom. The van der Waals surface area contributed by atoms with Crippen LogP contribution in [-0.4, -0.2) is 31.3 Å². The van der Waals surface area contributed by atoms with Crippen LogP contribution in [0.1, 0.15) is 28.6 Å². The molecule has 0 bridgehead atoms. The molecule has 1 N–H and O–H groups in total. The van der Waals surface area contributed by atoms with Crippen molar-refractivity contribution in [2.24, 2.45) is 5.10 Å². The molecule has 1 aromatic heterocycles. The van der Waals surface area contributed by atoms with Gasteiger partial charge in [0.05, 0.1) is 19.1 Å². The second-order valence-corrected chi connectivity index (χ2v) is 6.35. The molecule has 0 aliphatic carbocycles. The third-order valence-electron chi connectivity index (χ3n) is 4.05. The van der Waals surface area contributed by atoms with Crippen LogP contribution in [0.5, 0.6) is 17.2 Å². The van der Waals surface area contributed by atoms with Crippen LogP contribution in [0.4, 0.5) is 0 Å². The zero-order valence-electron chi connectivity index (χ0n) is 17.2. The summed E-state index contributed by atoms with van der Waals surface area (Å²) < 4.78 is 21.4. The Kier molecular flexibility index (Phi) is 7.42. The fraction of sp³-hybridized carbons (Fsp3) is 0.174. The lowest BCUT2D eigenvalue weighted by molar-refractivity contribution is -0.123. The van der Waals surface area contributed by atoms with Crippen molar-refractivity contribution in [1.82, 2.24) is 5.43 Å². The molecule has 3 rings (SSSR count). The second-order valence-electron chi connectivity index (χ2n) is 6.35. The highest BCUT2D eigenvalue weighted by Crippen LogP contribution is 2.29. The van der Waals surface area contributed by atoms with Crippen molar-refractivity contribution in [2.45, 2.75) is 13.8 Å². The van der Waals surface area contributed by atoms with Crippen molar-refractivity contribution in [2.75, 3.05) is 13.2 Å². The Balaban J connectivity index is 1.58. The van der Waals surface area contributed by atoms with E-state index < -0.39 is 11.9 Å². The van der Waals surface area contributed by atoms with Gasteiger partial charge in [-0.25, -0.2) is 10.2 Å². The number of nitrogens with zero attached hydrogens (tertiary/aromatic N) is 1. The number of hydrazone groups is 1. The third kappa shape index (κ3) is 6.20. The Bertz CT molecular complexity index is 1060. The largest absolute Gasteiger partial charge is 0.490 e. The van der Waals surface area contributed by atoms with Crippen molar-refractivity contribution in [1.29, 1.82) is 0 Å². The molecule has 8 heteroatoms. The molecule has 0 radical (unpaired) electrons. The molecule has 2 aromatic carbocycles. The molecular weight excluding hydrogens is 400 g/mol. The molecule has 0 fully saturated rings. The van der Waals surface area contributed by atoms with Gasteiger partial charge in [-0.05, 0) is 61.4 Å². The number of nitrogens with one attached hydrogen (secondary N) is 1. The number of carbonyl (C=O) groups excluding carboxylic acids is 2. The number of esters is 1. The molecule has 1 heterocycles. The van der Waals surface area contributed by atoms with E-state index in [-0.39, 0.29) is 18.1 Å². The Morgan fingerprint density at radius 1 is 1.03 bits per heavy atom. The molecule has 3 aromatic rings. The van der Waals surface area contributed by atoms with Crippen LogP contribution in [0, 0.1) is 6.92 Å². The minimum absolute atomic E-state index is 0.0868. The molecule has 160 valence electrons. The summed E-state index contributed by atoms with van der Waals surface area (Å²) in [5.41, 5.74) is 3.98. The van der Waals surface area contributed by atoms with Crippen molar-refractivity contribution < 1.29 is 28.2 Å². The molecule has 0 atom stereocenters. The van der Waals surface area contributed by atoms with Crippen LogP contribution in [0.15, 0.2) is 70.4 Å². The zero-order valence-corrected chi connectivity index (χ0v) is 17.2. The van der Waals surface area contributed by atoms with Gasteiger partial charge in [-0.1, -0.05) is 18.2 Å². The number of aryl methyl sites for hydroxylation is 1. The normalized spacial score (nSPS) is 10.6. The van der Waals surface area contributed by atoms with E-state index in [4.69, 9.17) is 18.6 Å². The zero-order chi connectivity index (χ0) is 22.1. The third-order valence-corrected chi connectivity index (χ3v) is 4.05. The highest BCUT2D eigenvalue weighted by Gasteiger charge is 2.15. The van der Waals surface area contributed by atoms with Gasteiger partial charge >= 0.3 is 5.97 Å². The fourth-order valence-electron chi connectivity index (χ4n) is 2.58. The summed E-state index contributed by atoms with van der Waals surface area (Å²) in [5, 5.41) is 3.93. The van der Waals surface area contributed by atoms with Crippen molar-refractivity contribution >= 4 is 18.1 Å². The standard InChI is InChI=1S/C23H22N2O6/c1-3-28-21-13-17(10-11-19(21)31-23(27)20-9-6-12-29-20)14-24-25-22(26)15-30-18-8-5-4-7-16(18)2/h4-14H,3,15H2,1-2H3,(H,25,26)/b24-14-. The SMILES string of the molecule is CCOc1cc(/C=N\NC(=O)COc2ccccc2C)ccc1OC(=O)c1ccco1. The maximum Gasteiger partial charge on any atom is 0.379 e. The second kappa shape index (κ2) is 10.6. The van der Waals surface area contributed by atoms with Crippen molar-refractivity contribution in [3.8, 4) is 17.2 Å². The summed E-state index contributed by atoms with van der Waals surface area (Å²) in [7, 11) is 0.